The monoisotopic (exact) mass is 199 g/mol. The number of nitrogens with zero attached hydrogens (tertiary/aromatic N) is 3. The summed E-state index contributed by atoms with van der Waals surface area (Å²) in [6.45, 7) is 4.07. The highest BCUT2D eigenvalue weighted by molar-refractivity contribution is 5.43. The van der Waals surface area contributed by atoms with Crippen molar-refractivity contribution in [1.29, 1.82) is 5.26 Å². The molecule has 2 aliphatic rings. The zero-order valence-corrected chi connectivity index (χ0v) is 8.72. The summed E-state index contributed by atoms with van der Waals surface area (Å²) in [5, 5.41) is 8.82. The highest BCUT2D eigenvalue weighted by Gasteiger charge is 2.56. The van der Waals surface area contributed by atoms with Gasteiger partial charge in [0, 0.05) is 19.3 Å². The molecular formula is C12H13N3. The molecule has 1 aromatic heterocycles. The summed E-state index contributed by atoms with van der Waals surface area (Å²) in [5.41, 5.74) is 1.19. The van der Waals surface area contributed by atoms with Gasteiger partial charge >= 0.3 is 0 Å². The Morgan fingerprint density at radius 2 is 2.13 bits per heavy atom. The van der Waals surface area contributed by atoms with Crippen molar-refractivity contribution in [2.75, 3.05) is 18.0 Å². The first-order valence-corrected chi connectivity index (χ1v) is 5.37. The molecule has 3 rings (SSSR count). The van der Waals surface area contributed by atoms with Crippen LogP contribution in [0.3, 0.4) is 0 Å². The molecule has 3 heteroatoms. The lowest BCUT2D eigenvalue weighted by atomic mass is 10.2. The van der Waals surface area contributed by atoms with Crippen LogP contribution in [-0.2, 0) is 0 Å². The third kappa shape index (κ3) is 1.29. The van der Waals surface area contributed by atoms with Crippen molar-refractivity contribution in [3.05, 3.63) is 23.9 Å². The van der Waals surface area contributed by atoms with Crippen LogP contribution in [0.1, 0.15) is 5.56 Å². The summed E-state index contributed by atoms with van der Waals surface area (Å²) >= 11 is 0. The second-order valence-electron chi connectivity index (χ2n) is 4.58. The van der Waals surface area contributed by atoms with Crippen molar-refractivity contribution < 1.29 is 0 Å². The lowest BCUT2D eigenvalue weighted by molar-refractivity contribution is 0.735. The second kappa shape index (κ2) is 2.96. The Morgan fingerprint density at radius 1 is 1.40 bits per heavy atom. The smallest absolute Gasteiger partial charge is 0.128 e. The van der Waals surface area contributed by atoms with Crippen LogP contribution in [0.15, 0.2) is 18.3 Å². The van der Waals surface area contributed by atoms with Crippen molar-refractivity contribution in [3.8, 4) is 6.07 Å². The van der Waals surface area contributed by atoms with Crippen molar-refractivity contribution in [2.45, 2.75) is 6.92 Å². The first kappa shape index (κ1) is 8.72. The fourth-order valence-electron chi connectivity index (χ4n) is 2.55. The number of aromatic nitrogens is 1. The SMILES string of the molecule is Cc1ccc(N2C[C@@H]3C(C#N)[C@@H]3C2)nc1. The number of hydrogen-bond donors (Lipinski definition) is 0. The van der Waals surface area contributed by atoms with Crippen molar-refractivity contribution in [2.24, 2.45) is 17.8 Å². The molecule has 2 heterocycles. The van der Waals surface area contributed by atoms with Gasteiger partial charge in [-0.1, -0.05) is 6.07 Å². The van der Waals surface area contributed by atoms with E-state index in [2.05, 4.69) is 28.1 Å². The van der Waals surface area contributed by atoms with Gasteiger partial charge in [0.2, 0.25) is 0 Å². The molecule has 15 heavy (non-hydrogen) atoms. The number of rotatable bonds is 1. The first-order chi connectivity index (χ1) is 7.29. The topological polar surface area (TPSA) is 39.9 Å². The molecule has 2 fully saturated rings. The summed E-state index contributed by atoms with van der Waals surface area (Å²) in [5.74, 6) is 2.60. The molecule has 0 aromatic carbocycles. The van der Waals surface area contributed by atoms with Crippen LogP contribution >= 0.6 is 0 Å². The third-order valence-electron chi connectivity index (χ3n) is 3.56. The average Bonchev–Trinajstić information content (AvgIpc) is 2.72. The van der Waals surface area contributed by atoms with Crippen LogP contribution in [0.2, 0.25) is 0 Å². The van der Waals surface area contributed by atoms with E-state index in [1.165, 1.54) is 5.56 Å². The van der Waals surface area contributed by atoms with Crippen LogP contribution in [0.25, 0.3) is 0 Å². The molecule has 76 valence electrons. The van der Waals surface area contributed by atoms with E-state index in [9.17, 15) is 0 Å². The maximum atomic E-state index is 8.82. The summed E-state index contributed by atoms with van der Waals surface area (Å²) in [7, 11) is 0. The second-order valence-corrected chi connectivity index (χ2v) is 4.58. The Kier molecular flexibility index (Phi) is 1.72. The fraction of sp³-hybridized carbons (Fsp3) is 0.500. The minimum absolute atomic E-state index is 0.326. The molecule has 1 aromatic rings. The van der Waals surface area contributed by atoms with Gasteiger partial charge in [0.15, 0.2) is 0 Å². The predicted octanol–water partition coefficient (Wildman–Crippen LogP) is 1.60. The molecule has 3 atom stereocenters. The minimum atomic E-state index is 0.326. The summed E-state index contributed by atoms with van der Waals surface area (Å²) in [6, 6.07) is 6.54. The third-order valence-corrected chi connectivity index (χ3v) is 3.56. The average molecular weight is 199 g/mol. The largest absolute Gasteiger partial charge is 0.356 e. The van der Waals surface area contributed by atoms with Gasteiger partial charge in [-0.25, -0.2) is 4.98 Å². The number of fused-ring (bicyclic) bond motifs is 1. The van der Waals surface area contributed by atoms with Crippen molar-refractivity contribution in [3.63, 3.8) is 0 Å². The van der Waals surface area contributed by atoms with Crippen molar-refractivity contribution >= 4 is 5.82 Å². The van der Waals surface area contributed by atoms with Gasteiger partial charge in [-0.2, -0.15) is 5.26 Å². The van der Waals surface area contributed by atoms with Crippen LogP contribution in [0.4, 0.5) is 5.82 Å². The lowest BCUT2D eigenvalue weighted by Crippen LogP contribution is -2.24. The van der Waals surface area contributed by atoms with Gasteiger partial charge < -0.3 is 4.90 Å². The predicted molar refractivity (Wildman–Crippen MR) is 57.3 cm³/mol. The van der Waals surface area contributed by atoms with E-state index in [1.807, 2.05) is 13.1 Å². The van der Waals surface area contributed by atoms with Crippen LogP contribution in [0, 0.1) is 36.0 Å². The van der Waals surface area contributed by atoms with Gasteiger partial charge in [0.1, 0.15) is 5.82 Å². The zero-order chi connectivity index (χ0) is 10.4. The highest BCUT2D eigenvalue weighted by Crippen LogP contribution is 2.51. The molecule has 1 saturated heterocycles. The van der Waals surface area contributed by atoms with E-state index >= 15 is 0 Å². The number of nitriles is 1. The van der Waals surface area contributed by atoms with E-state index in [0.717, 1.165) is 18.9 Å². The lowest BCUT2D eigenvalue weighted by Gasteiger charge is -2.19. The summed E-state index contributed by atoms with van der Waals surface area (Å²) in [6.07, 6.45) is 1.90. The van der Waals surface area contributed by atoms with E-state index < -0.39 is 0 Å². The Labute approximate surface area is 89.3 Å². The van der Waals surface area contributed by atoms with Crippen LogP contribution in [-0.4, -0.2) is 18.1 Å². The molecule has 0 N–H and O–H groups in total. The van der Waals surface area contributed by atoms with E-state index in [1.54, 1.807) is 0 Å². The van der Waals surface area contributed by atoms with Gasteiger partial charge in [0.25, 0.3) is 0 Å². The van der Waals surface area contributed by atoms with E-state index in [4.69, 9.17) is 5.26 Å². The quantitative estimate of drug-likeness (QED) is 0.689. The zero-order valence-electron chi connectivity index (χ0n) is 8.72. The minimum Gasteiger partial charge on any atom is -0.356 e. The molecule has 0 spiro atoms. The van der Waals surface area contributed by atoms with E-state index in [-0.39, 0.29) is 0 Å². The fourth-order valence-corrected chi connectivity index (χ4v) is 2.55. The molecule has 0 amide bonds. The Bertz CT molecular complexity index is 405. The normalized spacial score (nSPS) is 32.3. The van der Waals surface area contributed by atoms with Gasteiger partial charge in [0.05, 0.1) is 12.0 Å². The number of anilines is 1. The molecule has 1 unspecified atom stereocenters. The number of pyridine rings is 1. The van der Waals surface area contributed by atoms with Gasteiger partial charge in [-0.05, 0) is 30.4 Å². The Hall–Kier alpha value is -1.56. The molecule has 0 bridgehead atoms. The first-order valence-electron chi connectivity index (χ1n) is 5.37. The summed E-state index contributed by atoms with van der Waals surface area (Å²) < 4.78 is 0. The molecule has 3 nitrogen and oxygen atoms in total. The molecule has 1 saturated carbocycles. The Balaban J connectivity index is 1.73. The number of hydrogen-bond acceptors (Lipinski definition) is 3. The Morgan fingerprint density at radius 3 is 2.67 bits per heavy atom. The van der Waals surface area contributed by atoms with Gasteiger partial charge in [-0.15, -0.1) is 0 Å². The maximum absolute atomic E-state index is 8.82. The van der Waals surface area contributed by atoms with Gasteiger partial charge in [-0.3, -0.25) is 0 Å². The number of aryl methyl sites for hydroxylation is 1. The molecule has 1 aliphatic carbocycles. The maximum Gasteiger partial charge on any atom is 0.128 e. The van der Waals surface area contributed by atoms with E-state index in [0.29, 0.717) is 17.8 Å². The standard InChI is InChI=1S/C12H13N3/c1-8-2-3-12(14-5-8)15-6-10-9(4-13)11(10)7-15/h2-3,5,9-11H,6-7H2,1H3/t9?,10-,11+. The van der Waals surface area contributed by atoms with Crippen LogP contribution in [0.5, 0.6) is 0 Å². The molecule has 0 radical (unpaired) electrons. The van der Waals surface area contributed by atoms with Crippen LogP contribution < -0.4 is 4.90 Å². The highest BCUT2D eigenvalue weighted by atomic mass is 15.2. The summed E-state index contributed by atoms with van der Waals surface area (Å²) in [4.78, 5) is 6.70. The molecular weight excluding hydrogens is 186 g/mol. The molecule has 1 aliphatic heterocycles. The number of piperidine rings is 1. The van der Waals surface area contributed by atoms with Crippen molar-refractivity contribution in [1.82, 2.24) is 4.98 Å².